The van der Waals surface area contributed by atoms with Crippen molar-refractivity contribution in [3.63, 3.8) is 0 Å². The summed E-state index contributed by atoms with van der Waals surface area (Å²) in [5.41, 5.74) is 3.83. The van der Waals surface area contributed by atoms with Gasteiger partial charge < -0.3 is 14.6 Å². The van der Waals surface area contributed by atoms with Crippen LogP contribution in [0.4, 0.5) is 0 Å². The van der Waals surface area contributed by atoms with Gasteiger partial charge in [0.1, 0.15) is 0 Å². The molecule has 0 saturated carbocycles. The highest BCUT2D eigenvalue weighted by atomic mass is 16.5. The van der Waals surface area contributed by atoms with Crippen LogP contribution in [-0.2, 0) is 35.5 Å². The zero-order valence-corrected chi connectivity index (χ0v) is 16.4. The molecule has 3 heterocycles. The van der Waals surface area contributed by atoms with Crippen molar-refractivity contribution in [2.75, 3.05) is 13.2 Å². The summed E-state index contributed by atoms with van der Waals surface area (Å²) in [6.45, 7) is 4.79. The summed E-state index contributed by atoms with van der Waals surface area (Å²) in [6.07, 6.45) is 8.56. The molecular weight excluding hydrogens is 356 g/mol. The molecular formula is C21H28N4O3. The predicted molar refractivity (Wildman–Crippen MR) is 104 cm³/mol. The molecule has 2 aliphatic rings. The quantitative estimate of drug-likeness (QED) is 0.793. The van der Waals surface area contributed by atoms with E-state index in [0.717, 1.165) is 61.3 Å². The lowest BCUT2D eigenvalue weighted by Crippen LogP contribution is -2.29. The van der Waals surface area contributed by atoms with Gasteiger partial charge in [0.15, 0.2) is 5.78 Å². The predicted octanol–water partition coefficient (Wildman–Crippen LogP) is 2.05. The summed E-state index contributed by atoms with van der Waals surface area (Å²) >= 11 is 0. The number of aromatic nitrogens is 3. The molecule has 4 rings (SSSR count). The fourth-order valence-corrected chi connectivity index (χ4v) is 4.41. The number of nitrogens with zero attached hydrogens (tertiary/aromatic N) is 3. The minimum atomic E-state index is -0.0503. The number of nitrogens with one attached hydrogen (secondary N) is 1. The van der Waals surface area contributed by atoms with Gasteiger partial charge in [-0.15, -0.1) is 0 Å². The molecule has 1 saturated heterocycles. The molecule has 1 aliphatic carbocycles. The highest BCUT2D eigenvalue weighted by molar-refractivity contribution is 6.01. The Balaban J connectivity index is 1.49. The lowest BCUT2D eigenvalue weighted by Gasteiger charge is -2.18. The standard InChI is InChI=1S/C21H28N4O3/c1-15-17(13-20(27)22-9-11-24-10-4-8-23-24)21-18(6-2-7-19(21)26)25(15)14-16-5-3-12-28-16/h4,8,10,16H,2-3,5-7,9,11-14H2,1H3,(H,22,27)/t16-/m0/s1. The van der Waals surface area contributed by atoms with E-state index >= 15 is 0 Å². The SMILES string of the molecule is Cc1c(CC(=O)NCCn2cccn2)c2c(n1C[C@@H]1CCCO1)CCCC2=O. The first-order valence-electron chi connectivity index (χ1n) is 10.2. The molecule has 1 amide bonds. The zero-order valence-electron chi connectivity index (χ0n) is 16.4. The largest absolute Gasteiger partial charge is 0.376 e. The van der Waals surface area contributed by atoms with Crippen LogP contribution in [0.1, 0.15) is 53.0 Å². The van der Waals surface area contributed by atoms with E-state index < -0.39 is 0 Å². The van der Waals surface area contributed by atoms with Crippen LogP contribution in [0.5, 0.6) is 0 Å². The van der Waals surface area contributed by atoms with Crippen molar-refractivity contribution in [3.8, 4) is 0 Å². The van der Waals surface area contributed by atoms with Crippen molar-refractivity contribution in [1.29, 1.82) is 0 Å². The van der Waals surface area contributed by atoms with Crippen molar-refractivity contribution in [2.24, 2.45) is 0 Å². The molecule has 7 nitrogen and oxygen atoms in total. The van der Waals surface area contributed by atoms with Gasteiger partial charge in [-0.2, -0.15) is 5.10 Å². The van der Waals surface area contributed by atoms with Crippen LogP contribution in [-0.4, -0.2) is 45.3 Å². The summed E-state index contributed by atoms with van der Waals surface area (Å²) in [7, 11) is 0. The number of hydrogen-bond acceptors (Lipinski definition) is 4. The normalized spacial score (nSPS) is 19.0. The summed E-state index contributed by atoms with van der Waals surface area (Å²) in [5, 5.41) is 7.09. The van der Waals surface area contributed by atoms with Crippen molar-refractivity contribution in [1.82, 2.24) is 19.7 Å². The second-order valence-corrected chi connectivity index (χ2v) is 7.70. The second kappa shape index (κ2) is 8.31. The van der Waals surface area contributed by atoms with E-state index in [1.165, 1.54) is 0 Å². The first-order valence-corrected chi connectivity index (χ1v) is 10.2. The molecule has 0 unspecified atom stereocenters. The molecule has 1 atom stereocenters. The summed E-state index contributed by atoms with van der Waals surface area (Å²) in [4.78, 5) is 25.2. The number of ether oxygens (including phenoxy) is 1. The number of carbonyl (C=O) groups excluding carboxylic acids is 2. The van der Waals surface area contributed by atoms with E-state index in [1.54, 1.807) is 10.9 Å². The maximum absolute atomic E-state index is 12.7. The Morgan fingerprint density at radius 2 is 2.25 bits per heavy atom. The molecule has 7 heteroatoms. The lowest BCUT2D eigenvalue weighted by atomic mass is 9.92. The Morgan fingerprint density at radius 3 is 3.00 bits per heavy atom. The van der Waals surface area contributed by atoms with Crippen LogP contribution in [0.2, 0.25) is 0 Å². The molecule has 2 aromatic rings. The molecule has 0 radical (unpaired) electrons. The van der Waals surface area contributed by atoms with Gasteiger partial charge in [-0.1, -0.05) is 0 Å². The highest BCUT2D eigenvalue weighted by Crippen LogP contribution is 2.31. The average molecular weight is 384 g/mol. The van der Waals surface area contributed by atoms with E-state index in [9.17, 15) is 9.59 Å². The molecule has 1 aliphatic heterocycles. The van der Waals surface area contributed by atoms with E-state index in [4.69, 9.17) is 4.74 Å². The van der Waals surface area contributed by atoms with Gasteiger partial charge in [-0.05, 0) is 44.2 Å². The topological polar surface area (TPSA) is 78.2 Å². The van der Waals surface area contributed by atoms with Crippen molar-refractivity contribution < 1.29 is 14.3 Å². The maximum atomic E-state index is 12.7. The van der Waals surface area contributed by atoms with Gasteiger partial charge in [0.05, 0.1) is 19.1 Å². The molecule has 1 N–H and O–H groups in total. The number of ketones is 1. The van der Waals surface area contributed by atoms with Crippen molar-refractivity contribution >= 4 is 11.7 Å². The third-order valence-electron chi connectivity index (χ3n) is 5.82. The van der Waals surface area contributed by atoms with Crippen LogP contribution in [0, 0.1) is 6.92 Å². The van der Waals surface area contributed by atoms with Crippen molar-refractivity contribution in [2.45, 2.75) is 64.6 Å². The van der Waals surface area contributed by atoms with Gasteiger partial charge in [0, 0.05) is 55.5 Å². The van der Waals surface area contributed by atoms with E-state index in [1.807, 2.05) is 19.2 Å². The fraction of sp³-hybridized carbons (Fsp3) is 0.571. The van der Waals surface area contributed by atoms with Crippen LogP contribution < -0.4 is 5.32 Å². The van der Waals surface area contributed by atoms with Gasteiger partial charge in [-0.3, -0.25) is 14.3 Å². The van der Waals surface area contributed by atoms with Crippen molar-refractivity contribution in [3.05, 3.63) is 41.0 Å². The Kier molecular flexibility index (Phi) is 5.62. The molecule has 0 spiro atoms. The fourth-order valence-electron chi connectivity index (χ4n) is 4.41. The lowest BCUT2D eigenvalue weighted by molar-refractivity contribution is -0.120. The smallest absolute Gasteiger partial charge is 0.224 e. The van der Waals surface area contributed by atoms with Crippen LogP contribution in [0.15, 0.2) is 18.5 Å². The Bertz CT molecular complexity index is 848. The first kappa shape index (κ1) is 18.9. The maximum Gasteiger partial charge on any atom is 0.224 e. The molecule has 0 aromatic carbocycles. The zero-order chi connectivity index (χ0) is 19.5. The third kappa shape index (κ3) is 3.90. The molecule has 2 aromatic heterocycles. The number of Topliss-reactive ketones (excluding diaryl/α,β-unsaturated/α-hetero) is 1. The van der Waals surface area contributed by atoms with Crippen LogP contribution >= 0.6 is 0 Å². The summed E-state index contributed by atoms with van der Waals surface area (Å²) < 4.78 is 9.85. The Hall–Kier alpha value is -2.41. The average Bonchev–Trinajstić information content (AvgIpc) is 3.41. The third-order valence-corrected chi connectivity index (χ3v) is 5.82. The molecule has 1 fully saturated rings. The molecule has 150 valence electrons. The number of fused-ring (bicyclic) bond motifs is 1. The summed E-state index contributed by atoms with van der Waals surface area (Å²) in [6, 6.07) is 1.86. The van der Waals surface area contributed by atoms with E-state index in [-0.39, 0.29) is 24.2 Å². The second-order valence-electron chi connectivity index (χ2n) is 7.70. The van der Waals surface area contributed by atoms with Crippen LogP contribution in [0.3, 0.4) is 0 Å². The number of amides is 1. The Morgan fingerprint density at radius 1 is 1.36 bits per heavy atom. The minimum Gasteiger partial charge on any atom is -0.376 e. The van der Waals surface area contributed by atoms with E-state index in [2.05, 4.69) is 15.0 Å². The number of hydrogen-bond donors (Lipinski definition) is 1. The van der Waals surface area contributed by atoms with E-state index in [0.29, 0.717) is 19.5 Å². The number of rotatable bonds is 7. The van der Waals surface area contributed by atoms with Crippen LogP contribution in [0.25, 0.3) is 0 Å². The van der Waals surface area contributed by atoms with Gasteiger partial charge in [0.25, 0.3) is 0 Å². The van der Waals surface area contributed by atoms with Gasteiger partial charge in [-0.25, -0.2) is 0 Å². The highest BCUT2D eigenvalue weighted by Gasteiger charge is 2.30. The molecule has 28 heavy (non-hydrogen) atoms. The van der Waals surface area contributed by atoms with Gasteiger partial charge in [0.2, 0.25) is 5.91 Å². The molecule has 0 bridgehead atoms. The Labute approximate surface area is 165 Å². The summed E-state index contributed by atoms with van der Waals surface area (Å²) in [5.74, 6) is 0.125. The number of carbonyl (C=O) groups is 2. The first-order chi connectivity index (χ1) is 13.6. The van der Waals surface area contributed by atoms with Gasteiger partial charge >= 0.3 is 0 Å². The minimum absolute atomic E-state index is 0.0503. The monoisotopic (exact) mass is 384 g/mol.